The highest BCUT2D eigenvalue weighted by Gasteiger charge is 2.19. The second-order valence-electron chi connectivity index (χ2n) is 5.78. The third-order valence-corrected chi connectivity index (χ3v) is 4.09. The molecule has 0 aliphatic carbocycles. The molecule has 1 aliphatic heterocycles. The van der Waals surface area contributed by atoms with Crippen LogP contribution in [0.15, 0.2) is 60.7 Å². The Morgan fingerprint density at radius 3 is 1.91 bits per heavy atom. The Labute approximate surface area is 137 Å². The fourth-order valence-electron chi connectivity index (χ4n) is 2.90. The predicted octanol–water partition coefficient (Wildman–Crippen LogP) is 3.34. The van der Waals surface area contributed by atoms with Crippen LogP contribution in [0.2, 0.25) is 0 Å². The van der Waals surface area contributed by atoms with E-state index in [1.807, 2.05) is 60.7 Å². The van der Waals surface area contributed by atoms with Crippen LogP contribution in [-0.4, -0.2) is 30.6 Å². The first-order chi connectivity index (χ1) is 11.3. The van der Waals surface area contributed by atoms with Crippen LogP contribution in [0.25, 0.3) is 0 Å². The van der Waals surface area contributed by atoms with Crippen molar-refractivity contribution in [1.29, 1.82) is 0 Å². The highest BCUT2D eigenvalue weighted by Crippen LogP contribution is 2.24. The molecular formula is C19H23N3O. The summed E-state index contributed by atoms with van der Waals surface area (Å²) in [6.45, 7) is 2.34. The zero-order chi connectivity index (χ0) is 15.9. The van der Waals surface area contributed by atoms with E-state index in [1.165, 1.54) is 19.3 Å². The molecule has 23 heavy (non-hydrogen) atoms. The number of hydrogen-bond acceptors (Lipinski definition) is 3. The lowest BCUT2D eigenvalue weighted by atomic mass is 10.2. The van der Waals surface area contributed by atoms with E-state index in [9.17, 15) is 4.79 Å². The van der Waals surface area contributed by atoms with Crippen molar-refractivity contribution in [2.24, 2.45) is 0 Å². The van der Waals surface area contributed by atoms with Gasteiger partial charge < -0.3 is 0 Å². The van der Waals surface area contributed by atoms with Gasteiger partial charge in [0.05, 0.1) is 6.54 Å². The van der Waals surface area contributed by atoms with Crippen molar-refractivity contribution < 1.29 is 4.79 Å². The van der Waals surface area contributed by atoms with Crippen molar-refractivity contribution in [3.05, 3.63) is 60.7 Å². The number of para-hydroxylation sites is 2. The van der Waals surface area contributed by atoms with Crippen LogP contribution in [0.3, 0.4) is 0 Å². The van der Waals surface area contributed by atoms with Gasteiger partial charge in [0.25, 0.3) is 0 Å². The molecule has 0 radical (unpaired) electrons. The van der Waals surface area contributed by atoms with Gasteiger partial charge in [-0.2, -0.15) is 0 Å². The molecule has 1 amide bonds. The van der Waals surface area contributed by atoms with Crippen LogP contribution in [0, 0.1) is 0 Å². The SMILES string of the molecule is O=C(CNN1CCCCC1)N(c1ccccc1)c1ccccc1. The number of nitrogens with zero attached hydrogens (tertiary/aromatic N) is 2. The fraction of sp³-hybridized carbons (Fsp3) is 0.316. The Morgan fingerprint density at radius 1 is 0.870 bits per heavy atom. The summed E-state index contributed by atoms with van der Waals surface area (Å²) in [6.07, 6.45) is 3.68. The number of benzene rings is 2. The average Bonchev–Trinajstić information content (AvgIpc) is 2.63. The first kappa shape index (κ1) is 15.7. The molecule has 0 atom stereocenters. The fourth-order valence-corrected chi connectivity index (χ4v) is 2.90. The molecule has 0 spiro atoms. The summed E-state index contributed by atoms with van der Waals surface area (Å²) in [4.78, 5) is 14.6. The van der Waals surface area contributed by atoms with Gasteiger partial charge in [-0.25, -0.2) is 10.4 Å². The van der Waals surface area contributed by atoms with Gasteiger partial charge in [0.2, 0.25) is 5.91 Å². The van der Waals surface area contributed by atoms with Crippen molar-refractivity contribution in [3.63, 3.8) is 0 Å². The Kier molecular flexibility index (Phi) is 5.40. The van der Waals surface area contributed by atoms with E-state index in [4.69, 9.17) is 0 Å². The third-order valence-electron chi connectivity index (χ3n) is 4.09. The maximum atomic E-state index is 12.8. The van der Waals surface area contributed by atoms with Gasteiger partial charge in [0, 0.05) is 24.5 Å². The van der Waals surface area contributed by atoms with Gasteiger partial charge in [-0.05, 0) is 37.1 Å². The number of nitrogens with one attached hydrogen (secondary N) is 1. The molecule has 0 aromatic heterocycles. The standard InChI is InChI=1S/C19H23N3O/c23-19(16-20-21-14-8-3-9-15-21)22(17-10-4-1-5-11-17)18-12-6-2-7-13-18/h1-2,4-7,10-13,20H,3,8-9,14-16H2. The van der Waals surface area contributed by atoms with Crippen molar-refractivity contribution in [2.75, 3.05) is 24.5 Å². The Morgan fingerprint density at radius 2 is 1.39 bits per heavy atom. The number of rotatable bonds is 5. The van der Waals surface area contributed by atoms with E-state index in [-0.39, 0.29) is 5.91 Å². The van der Waals surface area contributed by atoms with Crippen molar-refractivity contribution in [1.82, 2.24) is 10.4 Å². The minimum Gasteiger partial charge on any atom is -0.280 e. The van der Waals surface area contributed by atoms with Crippen LogP contribution in [-0.2, 0) is 4.79 Å². The number of hydrogen-bond donors (Lipinski definition) is 1. The minimum absolute atomic E-state index is 0.0490. The van der Waals surface area contributed by atoms with Crippen molar-refractivity contribution in [2.45, 2.75) is 19.3 Å². The molecule has 3 rings (SSSR count). The normalized spacial score (nSPS) is 15.3. The molecule has 2 aromatic carbocycles. The Bertz CT molecular complexity index is 570. The van der Waals surface area contributed by atoms with Gasteiger partial charge in [0.15, 0.2) is 0 Å². The summed E-state index contributed by atoms with van der Waals surface area (Å²) >= 11 is 0. The summed E-state index contributed by atoms with van der Waals surface area (Å²) in [6, 6.07) is 19.6. The number of piperidine rings is 1. The number of carbonyl (C=O) groups excluding carboxylic acids is 1. The van der Waals surface area contributed by atoms with E-state index < -0.39 is 0 Å². The van der Waals surface area contributed by atoms with Crippen molar-refractivity contribution >= 4 is 17.3 Å². The molecule has 2 aromatic rings. The van der Waals surface area contributed by atoms with E-state index in [0.29, 0.717) is 6.54 Å². The van der Waals surface area contributed by atoms with Crippen LogP contribution >= 0.6 is 0 Å². The smallest absolute Gasteiger partial charge is 0.246 e. The number of carbonyl (C=O) groups is 1. The molecular weight excluding hydrogens is 286 g/mol. The van der Waals surface area contributed by atoms with Gasteiger partial charge >= 0.3 is 0 Å². The molecule has 1 heterocycles. The summed E-state index contributed by atoms with van der Waals surface area (Å²) in [5.74, 6) is 0.0490. The molecule has 120 valence electrons. The molecule has 1 aliphatic rings. The molecule has 1 fully saturated rings. The quantitative estimate of drug-likeness (QED) is 0.920. The minimum atomic E-state index is 0.0490. The first-order valence-corrected chi connectivity index (χ1v) is 8.26. The van der Waals surface area contributed by atoms with Crippen LogP contribution in [0.5, 0.6) is 0 Å². The average molecular weight is 309 g/mol. The van der Waals surface area contributed by atoms with E-state index in [0.717, 1.165) is 24.5 Å². The van der Waals surface area contributed by atoms with Crippen molar-refractivity contribution in [3.8, 4) is 0 Å². The predicted molar refractivity (Wildman–Crippen MR) is 93.5 cm³/mol. The number of anilines is 2. The third kappa shape index (κ3) is 4.18. The molecule has 4 heteroatoms. The highest BCUT2D eigenvalue weighted by molar-refractivity contribution is 6.01. The lowest BCUT2D eigenvalue weighted by Crippen LogP contribution is -2.46. The van der Waals surface area contributed by atoms with Crippen LogP contribution in [0.4, 0.5) is 11.4 Å². The highest BCUT2D eigenvalue weighted by atomic mass is 16.2. The maximum absolute atomic E-state index is 12.8. The topological polar surface area (TPSA) is 35.6 Å². The van der Waals surface area contributed by atoms with E-state index >= 15 is 0 Å². The largest absolute Gasteiger partial charge is 0.280 e. The summed E-state index contributed by atoms with van der Waals surface area (Å²) < 4.78 is 0. The van der Waals surface area contributed by atoms with Crippen LogP contribution in [0.1, 0.15) is 19.3 Å². The zero-order valence-electron chi connectivity index (χ0n) is 13.3. The van der Waals surface area contributed by atoms with Crippen LogP contribution < -0.4 is 10.3 Å². The maximum Gasteiger partial charge on any atom is 0.246 e. The Balaban J connectivity index is 1.74. The molecule has 0 unspecified atom stereocenters. The summed E-state index contributed by atoms with van der Waals surface area (Å²) in [5.41, 5.74) is 5.07. The number of amides is 1. The lowest BCUT2D eigenvalue weighted by Gasteiger charge is -2.29. The lowest BCUT2D eigenvalue weighted by molar-refractivity contribution is -0.118. The summed E-state index contributed by atoms with van der Waals surface area (Å²) in [7, 11) is 0. The molecule has 1 saturated heterocycles. The molecule has 0 bridgehead atoms. The van der Waals surface area contributed by atoms with Gasteiger partial charge in [-0.3, -0.25) is 9.69 Å². The van der Waals surface area contributed by atoms with E-state index in [2.05, 4.69) is 10.4 Å². The van der Waals surface area contributed by atoms with Gasteiger partial charge in [-0.15, -0.1) is 0 Å². The molecule has 1 N–H and O–H groups in total. The first-order valence-electron chi connectivity index (χ1n) is 8.26. The second kappa shape index (κ2) is 7.90. The number of hydrazine groups is 1. The zero-order valence-corrected chi connectivity index (χ0v) is 13.3. The molecule has 0 saturated carbocycles. The monoisotopic (exact) mass is 309 g/mol. The Hall–Kier alpha value is -2.17. The summed E-state index contributed by atoms with van der Waals surface area (Å²) in [5, 5.41) is 2.16. The van der Waals surface area contributed by atoms with Gasteiger partial charge in [-0.1, -0.05) is 42.8 Å². The second-order valence-corrected chi connectivity index (χ2v) is 5.78. The van der Waals surface area contributed by atoms with Gasteiger partial charge in [0.1, 0.15) is 0 Å². The molecule has 4 nitrogen and oxygen atoms in total. The van der Waals surface area contributed by atoms with E-state index in [1.54, 1.807) is 4.90 Å².